The fourth-order valence-corrected chi connectivity index (χ4v) is 5.07. The van der Waals surface area contributed by atoms with Gasteiger partial charge in [0.05, 0.1) is 19.8 Å². The number of aryl methyl sites for hydroxylation is 2. The molecule has 6 nitrogen and oxygen atoms in total. The number of benzene rings is 2. The van der Waals surface area contributed by atoms with Crippen LogP contribution in [0, 0.1) is 13.8 Å². The number of methoxy groups -OCH3 is 2. The molecule has 2 heterocycles. The van der Waals surface area contributed by atoms with Gasteiger partial charge in [-0.3, -0.25) is 14.5 Å². The van der Waals surface area contributed by atoms with E-state index in [9.17, 15) is 14.7 Å². The van der Waals surface area contributed by atoms with Gasteiger partial charge in [0.15, 0.2) is 0 Å². The minimum absolute atomic E-state index is 0.00611. The number of aliphatic hydroxyl groups is 1. The Kier molecular flexibility index (Phi) is 5.76. The van der Waals surface area contributed by atoms with Crippen LogP contribution in [0.1, 0.15) is 27.6 Å². The van der Waals surface area contributed by atoms with E-state index in [4.69, 9.17) is 9.47 Å². The first-order chi connectivity index (χ1) is 15.4. The Balaban J connectivity index is 2.04. The lowest BCUT2D eigenvalue weighted by molar-refractivity contribution is -0.132. The number of hydrogen-bond acceptors (Lipinski definition) is 6. The number of carbonyl (C=O) groups is 2. The van der Waals surface area contributed by atoms with Crippen molar-refractivity contribution in [1.29, 1.82) is 0 Å². The van der Waals surface area contributed by atoms with Crippen LogP contribution < -0.4 is 14.4 Å². The molecule has 0 radical (unpaired) electrons. The van der Waals surface area contributed by atoms with E-state index in [1.54, 1.807) is 24.3 Å². The summed E-state index contributed by atoms with van der Waals surface area (Å²) < 4.78 is 10.9. The lowest BCUT2D eigenvalue weighted by Gasteiger charge is -2.26. The summed E-state index contributed by atoms with van der Waals surface area (Å²) in [6.07, 6.45) is 0. The molecule has 3 aromatic rings. The number of ether oxygens (including phenoxy) is 2. The highest BCUT2D eigenvalue weighted by Crippen LogP contribution is 2.47. The number of anilines is 1. The summed E-state index contributed by atoms with van der Waals surface area (Å²) >= 11 is 1.44. The molecule has 1 unspecified atom stereocenters. The van der Waals surface area contributed by atoms with Crippen LogP contribution in [0.3, 0.4) is 0 Å². The van der Waals surface area contributed by atoms with Crippen molar-refractivity contribution >= 4 is 34.5 Å². The highest BCUT2D eigenvalue weighted by Gasteiger charge is 2.48. The monoisotopic (exact) mass is 449 g/mol. The van der Waals surface area contributed by atoms with Crippen molar-refractivity contribution in [2.45, 2.75) is 19.9 Å². The Labute approximate surface area is 190 Å². The molecule has 1 aromatic heterocycles. The zero-order valence-electron chi connectivity index (χ0n) is 18.2. The predicted molar refractivity (Wildman–Crippen MR) is 125 cm³/mol. The zero-order chi connectivity index (χ0) is 23.0. The van der Waals surface area contributed by atoms with Gasteiger partial charge in [0.2, 0.25) is 0 Å². The lowest BCUT2D eigenvalue weighted by Crippen LogP contribution is -2.30. The fraction of sp³-hybridized carbons (Fsp3) is 0.200. The molecule has 1 atom stereocenters. The summed E-state index contributed by atoms with van der Waals surface area (Å²) in [4.78, 5) is 28.9. The molecule has 0 spiro atoms. The lowest BCUT2D eigenvalue weighted by atomic mass is 9.97. The third kappa shape index (κ3) is 3.35. The van der Waals surface area contributed by atoms with Crippen LogP contribution in [0.2, 0.25) is 0 Å². The number of nitrogens with zero attached hydrogens (tertiary/aromatic N) is 1. The Morgan fingerprint density at radius 3 is 2.16 bits per heavy atom. The summed E-state index contributed by atoms with van der Waals surface area (Å²) in [5.74, 6) is -1.09. The summed E-state index contributed by atoms with van der Waals surface area (Å²) in [7, 11) is 2.94. The Bertz CT molecular complexity index is 1220. The van der Waals surface area contributed by atoms with Crippen LogP contribution in [-0.4, -0.2) is 31.0 Å². The first kappa shape index (κ1) is 21.6. The van der Waals surface area contributed by atoms with Crippen LogP contribution in [0.15, 0.2) is 59.5 Å². The SMILES string of the molecule is COc1cccc(OC)c1/C(O)=C1\C(=O)C(=O)N(c2ccccc2C)C1c1sccc1C. The fourth-order valence-electron chi connectivity index (χ4n) is 4.05. The summed E-state index contributed by atoms with van der Waals surface area (Å²) in [6.45, 7) is 3.81. The van der Waals surface area contributed by atoms with E-state index in [1.807, 2.05) is 43.5 Å². The maximum Gasteiger partial charge on any atom is 0.300 e. The van der Waals surface area contributed by atoms with Gasteiger partial charge in [0.25, 0.3) is 11.7 Å². The molecule has 1 aliphatic heterocycles. The molecule has 1 aliphatic rings. The van der Waals surface area contributed by atoms with Gasteiger partial charge in [0.1, 0.15) is 28.9 Å². The topological polar surface area (TPSA) is 76.1 Å². The molecule has 1 saturated heterocycles. The van der Waals surface area contributed by atoms with Gasteiger partial charge in [0, 0.05) is 10.6 Å². The Hall–Kier alpha value is -3.58. The van der Waals surface area contributed by atoms with Gasteiger partial charge in [-0.25, -0.2) is 0 Å². The largest absolute Gasteiger partial charge is 0.506 e. The van der Waals surface area contributed by atoms with Crippen molar-refractivity contribution in [2.24, 2.45) is 0 Å². The Morgan fingerprint density at radius 2 is 1.59 bits per heavy atom. The van der Waals surface area contributed by atoms with E-state index in [0.29, 0.717) is 17.2 Å². The number of rotatable bonds is 5. The normalized spacial score (nSPS) is 17.6. The highest BCUT2D eigenvalue weighted by atomic mass is 32.1. The third-order valence-corrected chi connectivity index (χ3v) is 6.71. The average molecular weight is 450 g/mol. The van der Waals surface area contributed by atoms with E-state index in [0.717, 1.165) is 16.0 Å². The number of hydrogen-bond donors (Lipinski definition) is 1. The molecule has 32 heavy (non-hydrogen) atoms. The first-order valence-electron chi connectivity index (χ1n) is 10.0. The van der Waals surface area contributed by atoms with E-state index >= 15 is 0 Å². The molecule has 0 aliphatic carbocycles. The van der Waals surface area contributed by atoms with Gasteiger partial charge < -0.3 is 14.6 Å². The smallest absolute Gasteiger partial charge is 0.300 e. The molecule has 1 amide bonds. The number of aliphatic hydroxyl groups excluding tert-OH is 1. The maximum atomic E-state index is 13.3. The quantitative estimate of drug-likeness (QED) is 0.337. The number of para-hydroxylation sites is 1. The minimum Gasteiger partial charge on any atom is -0.506 e. The van der Waals surface area contributed by atoms with E-state index in [-0.39, 0.29) is 16.9 Å². The number of ketones is 1. The van der Waals surface area contributed by atoms with Gasteiger partial charge in [-0.1, -0.05) is 24.3 Å². The van der Waals surface area contributed by atoms with Crippen LogP contribution in [0.4, 0.5) is 5.69 Å². The van der Waals surface area contributed by atoms with Crippen molar-refractivity contribution in [3.63, 3.8) is 0 Å². The first-order valence-corrected chi connectivity index (χ1v) is 10.9. The van der Waals surface area contributed by atoms with Crippen molar-refractivity contribution < 1.29 is 24.2 Å². The van der Waals surface area contributed by atoms with E-state index in [1.165, 1.54) is 30.5 Å². The van der Waals surface area contributed by atoms with Crippen LogP contribution >= 0.6 is 11.3 Å². The van der Waals surface area contributed by atoms with E-state index < -0.39 is 17.7 Å². The maximum absolute atomic E-state index is 13.3. The van der Waals surface area contributed by atoms with Crippen LogP contribution in [0.25, 0.3) is 5.76 Å². The van der Waals surface area contributed by atoms with Crippen LogP contribution in [-0.2, 0) is 9.59 Å². The van der Waals surface area contributed by atoms with Crippen molar-refractivity contribution in [3.8, 4) is 11.5 Å². The standard InChI is InChI=1S/C25H23NO5S/c1-14-8-5-6-9-16(14)26-21(24-15(2)12-13-32-24)20(23(28)25(26)29)22(27)19-17(30-3)10-7-11-18(19)31-4/h5-13,21,27H,1-4H3/b22-20+. The van der Waals surface area contributed by atoms with Crippen molar-refractivity contribution in [2.75, 3.05) is 19.1 Å². The number of carbonyl (C=O) groups excluding carboxylic acids is 2. The molecular formula is C25H23NO5S. The predicted octanol–water partition coefficient (Wildman–Crippen LogP) is 5.01. The molecule has 0 bridgehead atoms. The number of thiophene rings is 1. The number of Topliss-reactive ketones (excluding diaryl/α,β-unsaturated/α-hetero) is 1. The second-order valence-corrected chi connectivity index (χ2v) is 8.41. The van der Waals surface area contributed by atoms with Gasteiger partial charge in [-0.15, -0.1) is 11.3 Å². The second-order valence-electron chi connectivity index (χ2n) is 7.46. The summed E-state index contributed by atoms with van der Waals surface area (Å²) in [5, 5.41) is 13.4. The molecule has 1 N–H and O–H groups in total. The van der Waals surface area contributed by atoms with Crippen molar-refractivity contribution in [1.82, 2.24) is 0 Å². The van der Waals surface area contributed by atoms with Gasteiger partial charge in [-0.2, -0.15) is 0 Å². The molecule has 7 heteroatoms. The molecule has 164 valence electrons. The number of amides is 1. The van der Waals surface area contributed by atoms with Gasteiger partial charge >= 0.3 is 0 Å². The minimum atomic E-state index is -0.772. The molecule has 1 fully saturated rings. The molecule has 4 rings (SSSR count). The van der Waals surface area contributed by atoms with Crippen molar-refractivity contribution in [3.05, 3.63) is 81.1 Å². The zero-order valence-corrected chi connectivity index (χ0v) is 19.0. The molecule has 0 saturated carbocycles. The second kappa shape index (κ2) is 8.51. The third-order valence-electron chi connectivity index (χ3n) is 5.63. The highest BCUT2D eigenvalue weighted by molar-refractivity contribution is 7.10. The Morgan fingerprint density at radius 1 is 0.938 bits per heavy atom. The van der Waals surface area contributed by atoms with E-state index in [2.05, 4.69) is 0 Å². The molecule has 2 aromatic carbocycles. The summed E-state index contributed by atoms with van der Waals surface area (Å²) in [6, 6.07) is 13.6. The molecular weight excluding hydrogens is 426 g/mol. The van der Waals surface area contributed by atoms with Crippen LogP contribution in [0.5, 0.6) is 11.5 Å². The summed E-state index contributed by atoms with van der Waals surface area (Å²) in [5.41, 5.74) is 2.64. The van der Waals surface area contributed by atoms with Gasteiger partial charge in [-0.05, 0) is 54.6 Å². The average Bonchev–Trinajstić information content (AvgIpc) is 3.33.